The Morgan fingerprint density at radius 1 is 1.00 bits per heavy atom. The van der Waals surface area contributed by atoms with Crippen LogP contribution in [-0.2, 0) is 19.1 Å². The van der Waals surface area contributed by atoms with Gasteiger partial charge in [0.1, 0.15) is 6.61 Å². The Kier molecular flexibility index (Phi) is 13.0. The number of aliphatic hydroxyl groups excluding tert-OH is 1. The minimum Gasteiger partial charge on any atom is -0.463 e. The van der Waals surface area contributed by atoms with Gasteiger partial charge in [-0.1, -0.05) is 6.42 Å². The molecule has 124 valence electrons. The van der Waals surface area contributed by atoms with Crippen LogP contribution in [0.15, 0.2) is 0 Å². The highest BCUT2D eigenvalue weighted by atomic mass is 16.6. The summed E-state index contributed by atoms with van der Waals surface area (Å²) in [6.45, 7) is 0.497. The van der Waals surface area contributed by atoms with E-state index in [1.807, 2.05) is 0 Å². The molecule has 0 aromatic heterocycles. The molecule has 0 spiro atoms. The van der Waals surface area contributed by atoms with Gasteiger partial charge in [-0.15, -0.1) is 0 Å². The Hall–Kier alpha value is -1.18. The Balaban J connectivity index is 3.50. The number of hydrogen-bond acceptors (Lipinski definition) is 7. The lowest BCUT2D eigenvalue weighted by Gasteiger charge is -2.12. The number of ether oxygens (including phenoxy) is 2. The Morgan fingerprint density at radius 3 is 2.29 bits per heavy atom. The van der Waals surface area contributed by atoms with Crippen molar-refractivity contribution in [2.24, 2.45) is 11.5 Å². The fraction of sp³-hybridized carbons (Fsp3) is 0.857. The molecule has 0 aliphatic carbocycles. The van der Waals surface area contributed by atoms with Gasteiger partial charge in [-0.2, -0.15) is 0 Å². The van der Waals surface area contributed by atoms with E-state index in [0.717, 1.165) is 19.3 Å². The van der Waals surface area contributed by atoms with Gasteiger partial charge in [0.15, 0.2) is 6.23 Å². The van der Waals surface area contributed by atoms with Gasteiger partial charge >= 0.3 is 11.9 Å². The van der Waals surface area contributed by atoms with Crippen LogP contribution in [0.5, 0.6) is 0 Å². The lowest BCUT2D eigenvalue weighted by Crippen LogP contribution is -2.27. The van der Waals surface area contributed by atoms with Crippen LogP contribution in [-0.4, -0.2) is 43.0 Å². The number of carbonyl (C=O) groups excluding carboxylic acids is 2. The second-order valence-corrected chi connectivity index (χ2v) is 4.82. The minimum absolute atomic E-state index is 0.0138. The Morgan fingerprint density at radius 2 is 1.67 bits per heavy atom. The molecule has 0 heterocycles. The summed E-state index contributed by atoms with van der Waals surface area (Å²) in [5, 5.41) is 8.48. The first-order valence-corrected chi connectivity index (χ1v) is 7.51. The molecule has 0 aromatic rings. The van der Waals surface area contributed by atoms with Crippen LogP contribution < -0.4 is 11.5 Å². The van der Waals surface area contributed by atoms with E-state index in [1.165, 1.54) is 0 Å². The molecular weight excluding hydrogens is 276 g/mol. The molecule has 0 saturated heterocycles. The predicted molar refractivity (Wildman–Crippen MR) is 78.1 cm³/mol. The van der Waals surface area contributed by atoms with Crippen LogP contribution >= 0.6 is 0 Å². The maximum Gasteiger partial charge on any atom is 0.307 e. The van der Waals surface area contributed by atoms with Crippen LogP contribution in [0.3, 0.4) is 0 Å². The second-order valence-electron chi connectivity index (χ2n) is 4.82. The van der Waals surface area contributed by atoms with Gasteiger partial charge in [-0.25, -0.2) is 0 Å². The molecule has 0 bridgehead atoms. The third-order valence-corrected chi connectivity index (χ3v) is 2.84. The number of unbranched alkanes of at least 4 members (excludes halogenated alkanes) is 3. The van der Waals surface area contributed by atoms with E-state index in [2.05, 4.69) is 0 Å². The van der Waals surface area contributed by atoms with Crippen LogP contribution in [0, 0.1) is 0 Å². The van der Waals surface area contributed by atoms with E-state index in [9.17, 15) is 9.59 Å². The van der Waals surface area contributed by atoms with Gasteiger partial charge < -0.3 is 20.3 Å². The summed E-state index contributed by atoms with van der Waals surface area (Å²) < 4.78 is 9.75. The first-order valence-electron chi connectivity index (χ1n) is 7.51. The summed E-state index contributed by atoms with van der Waals surface area (Å²) in [6, 6.07) is 0. The van der Waals surface area contributed by atoms with Crippen molar-refractivity contribution in [2.45, 2.75) is 57.6 Å². The van der Waals surface area contributed by atoms with E-state index >= 15 is 0 Å². The van der Waals surface area contributed by atoms with E-state index in [-0.39, 0.29) is 38.0 Å². The number of hydrogen-bond donors (Lipinski definition) is 3. The molecule has 1 unspecified atom stereocenters. The van der Waals surface area contributed by atoms with Gasteiger partial charge in [-0.05, 0) is 38.6 Å². The number of aliphatic hydroxyl groups is 1. The number of carbonyl (C=O) groups is 2. The van der Waals surface area contributed by atoms with Gasteiger partial charge in [0.2, 0.25) is 0 Å². The van der Waals surface area contributed by atoms with Crippen molar-refractivity contribution in [3.8, 4) is 0 Å². The van der Waals surface area contributed by atoms with E-state index < -0.39 is 6.23 Å². The smallest absolute Gasteiger partial charge is 0.307 e. The molecule has 0 aliphatic rings. The molecule has 1 atom stereocenters. The maximum atomic E-state index is 11.5. The van der Waals surface area contributed by atoms with Crippen LogP contribution in [0.2, 0.25) is 0 Å². The Bertz CT molecular complexity index is 287. The highest BCUT2D eigenvalue weighted by Crippen LogP contribution is 2.06. The largest absolute Gasteiger partial charge is 0.463 e. The highest BCUT2D eigenvalue weighted by molar-refractivity contribution is 5.70. The SMILES string of the molecule is NCCCCCC(N)OC(=O)CCCCC(=O)OCCO. The van der Waals surface area contributed by atoms with E-state index in [0.29, 0.717) is 25.8 Å². The van der Waals surface area contributed by atoms with Crippen molar-refractivity contribution in [2.75, 3.05) is 19.8 Å². The average Bonchev–Trinajstić information content (AvgIpc) is 2.46. The van der Waals surface area contributed by atoms with Gasteiger partial charge in [0, 0.05) is 12.8 Å². The summed E-state index contributed by atoms with van der Waals surface area (Å²) >= 11 is 0. The maximum absolute atomic E-state index is 11.5. The quantitative estimate of drug-likeness (QED) is 0.256. The highest BCUT2D eigenvalue weighted by Gasteiger charge is 2.10. The molecule has 0 rings (SSSR count). The molecular formula is C14H28N2O5. The number of nitrogens with two attached hydrogens (primary N) is 2. The predicted octanol–water partition coefficient (Wildman–Crippen LogP) is 0.429. The van der Waals surface area contributed by atoms with E-state index in [4.69, 9.17) is 26.0 Å². The third-order valence-electron chi connectivity index (χ3n) is 2.84. The standard InChI is InChI=1S/C14H28N2O5/c15-9-5-1-2-6-12(16)21-14(19)8-4-3-7-13(18)20-11-10-17/h12,17H,1-11,15-16H2. The summed E-state index contributed by atoms with van der Waals surface area (Å²) in [6.07, 6.45) is 4.47. The molecule has 21 heavy (non-hydrogen) atoms. The topological polar surface area (TPSA) is 125 Å². The molecule has 0 aliphatic heterocycles. The lowest BCUT2D eigenvalue weighted by molar-refractivity contribution is -0.150. The minimum atomic E-state index is -0.565. The van der Waals surface area contributed by atoms with Crippen molar-refractivity contribution < 1.29 is 24.2 Å². The lowest BCUT2D eigenvalue weighted by atomic mass is 10.2. The van der Waals surface area contributed by atoms with Crippen molar-refractivity contribution >= 4 is 11.9 Å². The molecule has 0 radical (unpaired) electrons. The van der Waals surface area contributed by atoms with Gasteiger partial charge in [0.05, 0.1) is 6.61 Å². The zero-order chi connectivity index (χ0) is 15.9. The second kappa shape index (κ2) is 13.8. The molecule has 0 saturated carbocycles. The van der Waals surface area contributed by atoms with Crippen molar-refractivity contribution in [3.05, 3.63) is 0 Å². The number of esters is 2. The normalized spacial score (nSPS) is 12.0. The van der Waals surface area contributed by atoms with Crippen LogP contribution in [0.25, 0.3) is 0 Å². The monoisotopic (exact) mass is 304 g/mol. The fourth-order valence-electron chi connectivity index (χ4n) is 1.72. The van der Waals surface area contributed by atoms with Gasteiger partial charge in [0.25, 0.3) is 0 Å². The van der Waals surface area contributed by atoms with Crippen molar-refractivity contribution in [1.82, 2.24) is 0 Å². The van der Waals surface area contributed by atoms with Gasteiger partial charge in [-0.3, -0.25) is 15.3 Å². The van der Waals surface area contributed by atoms with Crippen LogP contribution in [0.4, 0.5) is 0 Å². The summed E-state index contributed by atoms with van der Waals surface area (Å²) in [7, 11) is 0. The first-order chi connectivity index (χ1) is 10.1. The molecule has 7 heteroatoms. The zero-order valence-electron chi connectivity index (χ0n) is 12.6. The average molecular weight is 304 g/mol. The van der Waals surface area contributed by atoms with Crippen molar-refractivity contribution in [1.29, 1.82) is 0 Å². The third kappa shape index (κ3) is 13.6. The Labute approximate surface area is 126 Å². The summed E-state index contributed by atoms with van der Waals surface area (Å²) in [5.74, 6) is -0.709. The molecule has 0 amide bonds. The summed E-state index contributed by atoms with van der Waals surface area (Å²) in [4.78, 5) is 22.6. The first kappa shape index (κ1) is 19.8. The molecule has 0 fully saturated rings. The zero-order valence-corrected chi connectivity index (χ0v) is 12.6. The molecule has 5 N–H and O–H groups in total. The number of rotatable bonds is 13. The summed E-state index contributed by atoms with van der Waals surface area (Å²) in [5.41, 5.74) is 11.1. The van der Waals surface area contributed by atoms with Crippen LogP contribution in [0.1, 0.15) is 51.4 Å². The van der Waals surface area contributed by atoms with Crippen molar-refractivity contribution in [3.63, 3.8) is 0 Å². The fourth-order valence-corrected chi connectivity index (χ4v) is 1.72. The molecule has 0 aromatic carbocycles. The van der Waals surface area contributed by atoms with E-state index in [1.54, 1.807) is 0 Å². The molecule has 7 nitrogen and oxygen atoms in total.